The van der Waals surface area contributed by atoms with E-state index in [1.54, 1.807) is 19.2 Å². The van der Waals surface area contributed by atoms with Crippen molar-refractivity contribution in [3.05, 3.63) is 22.2 Å². The van der Waals surface area contributed by atoms with E-state index in [9.17, 15) is 4.79 Å². The van der Waals surface area contributed by atoms with Gasteiger partial charge in [-0.05, 0) is 24.6 Å². The zero-order valence-corrected chi connectivity index (χ0v) is 13.9. The van der Waals surface area contributed by atoms with Gasteiger partial charge in [0, 0.05) is 24.6 Å². The summed E-state index contributed by atoms with van der Waals surface area (Å²) < 4.78 is 6.16. The van der Waals surface area contributed by atoms with Crippen LogP contribution >= 0.6 is 15.9 Å². The Morgan fingerprint density at radius 2 is 1.90 bits per heavy atom. The Hall–Kier alpha value is -1.31. The number of nitrogen functional groups attached to an aromatic ring is 2. The molecule has 0 aliphatic carbocycles. The van der Waals surface area contributed by atoms with E-state index in [0.29, 0.717) is 37.7 Å². The number of carbonyl (C=O) groups is 1. The number of ether oxygens (including phenoxy) is 1. The molecule has 1 aliphatic rings. The summed E-state index contributed by atoms with van der Waals surface area (Å²) in [6, 6.07) is 3.51. The molecule has 1 fully saturated rings. The molecular weight excluding hydrogens is 336 g/mol. The number of hydrogen-bond acceptors (Lipinski definition) is 5. The third-order valence-corrected chi connectivity index (χ3v) is 4.67. The van der Waals surface area contributed by atoms with Gasteiger partial charge in [-0.25, -0.2) is 0 Å². The lowest BCUT2D eigenvalue weighted by molar-refractivity contribution is -0.136. The second kappa shape index (κ2) is 6.21. The van der Waals surface area contributed by atoms with Gasteiger partial charge in [0.1, 0.15) is 5.54 Å². The second-order valence-electron chi connectivity index (χ2n) is 5.21. The number of anilines is 2. The van der Waals surface area contributed by atoms with Gasteiger partial charge < -0.3 is 21.5 Å². The van der Waals surface area contributed by atoms with Gasteiger partial charge in [0.2, 0.25) is 5.91 Å². The number of nitrogens with two attached hydrogens (primary N) is 2. The van der Waals surface area contributed by atoms with Crippen LogP contribution in [0.3, 0.4) is 0 Å². The summed E-state index contributed by atoms with van der Waals surface area (Å²) in [5, 5.41) is 2.75. The number of halogens is 1. The highest BCUT2D eigenvalue weighted by molar-refractivity contribution is 9.10. The van der Waals surface area contributed by atoms with Crippen LogP contribution in [-0.4, -0.2) is 44.2 Å². The molecule has 5 N–H and O–H groups in total. The molecule has 0 saturated carbocycles. The maximum absolute atomic E-state index is 12.6. The molecule has 1 atom stereocenters. The Bertz CT molecular complexity index is 546. The Morgan fingerprint density at radius 1 is 1.33 bits per heavy atom. The van der Waals surface area contributed by atoms with Crippen LogP contribution in [0.15, 0.2) is 16.6 Å². The largest absolute Gasteiger partial charge is 0.397 e. The monoisotopic (exact) mass is 356 g/mol. The van der Waals surface area contributed by atoms with E-state index in [4.69, 9.17) is 16.2 Å². The van der Waals surface area contributed by atoms with Gasteiger partial charge in [-0.1, -0.05) is 15.9 Å². The number of carbonyl (C=O) groups excluding carboxylic acids is 1. The van der Waals surface area contributed by atoms with Crippen molar-refractivity contribution >= 4 is 33.2 Å². The van der Waals surface area contributed by atoms with Gasteiger partial charge in [0.25, 0.3) is 0 Å². The van der Waals surface area contributed by atoms with E-state index >= 15 is 0 Å². The molecule has 1 amide bonds. The minimum atomic E-state index is -0.834. The zero-order valence-electron chi connectivity index (χ0n) is 12.3. The third-order valence-electron chi connectivity index (χ3n) is 4.01. The van der Waals surface area contributed by atoms with E-state index in [0.717, 1.165) is 10.0 Å². The van der Waals surface area contributed by atoms with E-state index in [1.807, 2.05) is 6.92 Å². The first-order chi connectivity index (χ1) is 9.91. The lowest BCUT2D eigenvalue weighted by Crippen LogP contribution is -2.57. The lowest BCUT2D eigenvalue weighted by atomic mass is 9.87. The predicted molar refractivity (Wildman–Crippen MR) is 86.8 cm³/mol. The molecule has 7 heteroatoms. The molecule has 0 radical (unpaired) electrons. The van der Waals surface area contributed by atoms with Gasteiger partial charge >= 0.3 is 0 Å². The zero-order chi connectivity index (χ0) is 15.6. The molecule has 116 valence electrons. The average molecular weight is 357 g/mol. The molecule has 6 nitrogen and oxygen atoms in total. The summed E-state index contributed by atoms with van der Waals surface area (Å²) in [5.74, 6) is -0.0886. The molecule has 0 spiro atoms. The number of benzene rings is 1. The highest BCUT2D eigenvalue weighted by Gasteiger charge is 2.42. The molecule has 1 aromatic rings. The van der Waals surface area contributed by atoms with Crippen LogP contribution < -0.4 is 16.8 Å². The SMILES string of the molecule is CNC(=O)C(C)(c1cc(N)c(N)cc1Br)N1CCOCC1. The van der Waals surface area contributed by atoms with Crippen molar-refractivity contribution in [2.45, 2.75) is 12.5 Å². The number of nitrogens with one attached hydrogen (secondary N) is 1. The summed E-state index contributed by atoms with van der Waals surface area (Å²) in [6.45, 7) is 4.47. The van der Waals surface area contributed by atoms with Crippen molar-refractivity contribution in [3.63, 3.8) is 0 Å². The molecule has 2 rings (SSSR count). The predicted octanol–water partition coefficient (Wildman–Crippen LogP) is 0.907. The minimum Gasteiger partial charge on any atom is -0.397 e. The molecule has 1 heterocycles. The second-order valence-corrected chi connectivity index (χ2v) is 6.07. The van der Waals surface area contributed by atoms with Gasteiger partial charge in [-0.3, -0.25) is 9.69 Å². The molecule has 1 saturated heterocycles. The van der Waals surface area contributed by atoms with Crippen LogP contribution in [0.25, 0.3) is 0 Å². The smallest absolute Gasteiger partial charge is 0.244 e. The number of morpholine rings is 1. The first-order valence-electron chi connectivity index (χ1n) is 6.81. The highest BCUT2D eigenvalue weighted by atomic mass is 79.9. The van der Waals surface area contributed by atoms with Crippen molar-refractivity contribution in [1.82, 2.24) is 10.2 Å². The molecule has 0 aromatic heterocycles. The summed E-state index contributed by atoms with van der Waals surface area (Å²) in [6.07, 6.45) is 0. The van der Waals surface area contributed by atoms with E-state index < -0.39 is 5.54 Å². The first kappa shape index (κ1) is 16.1. The Morgan fingerprint density at radius 3 is 2.48 bits per heavy atom. The minimum absolute atomic E-state index is 0.0886. The number of hydrogen-bond donors (Lipinski definition) is 3. The van der Waals surface area contributed by atoms with Crippen LogP contribution in [0.4, 0.5) is 11.4 Å². The number of rotatable bonds is 3. The number of likely N-dealkylation sites (N-methyl/N-ethyl adjacent to an activating group) is 1. The summed E-state index contributed by atoms with van der Waals surface area (Å²) in [5.41, 5.74) is 12.7. The van der Waals surface area contributed by atoms with Crippen LogP contribution in [0.2, 0.25) is 0 Å². The summed E-state index contributed by atoms with van der Waals surface area (Å²) in [4.78, 5) is 14.7. The van der Waals surface area contributed by atoms with Gasteiger partial charge in [0.05, 0.1) is 24.6 Å². The van der Waals surface area contributed by atoms with Gasteiger partial charge in [-0.15, -0.1) is 0 Å². The van der Waals surface area contributed by atoms with E-state index in [2.05, 4.69) is 26.1 Å². The number of amides is 1. The van der Waals surface area contributed by atoms with E-state index in [-0.39, 0.29) is 5.91 Å². The Balaban J connectivity index is 2.54. The fourth-order valence-corrected chi connectivity index (χ4v) is 3.42. The lowest BCUT2D eigenvalue weighted by Gasteiger charge is -2.42. The van der Waals surface area contributed by atoms with E-state index in [1.165, 1.54) is 0 Å². The van der Waals surface area contributed by atoms with Crippen molar-refractivity contribution in [2.24, 2.45) is 0 Å². The maximum atomic E-state index is 12.6. The van der Waals surface area contributed by atoms with Crippen molar-refractivity contribution < 1.29 is 9.53 Å². The van der Waals surface area contributed by atoms with Crippen molar-refractivity contribution in [1.29, 1.82) is 0 Å². The van der Waals surface area contributed by atoms with Crippen LogP contribution in [0, 0.1) is 0 Å². The van der Waals surface area contributed by atoms with Crippen LogP contribution in [0.1, 0.15) is 12.5 Å². The van der Waals surface area contributed by atoms with Gasteiger partial charge in [-0.2, -0.15) is 0 Å². The standard InChI is InChI=1S/C14H21BrN4O2/c1-14(13(20)18-2,19-3-5-21-6-4-19)9-7-11(16)12(17)8-10(9)15/h7-8H,3-6,16-17H2,1-2H3,(H,18,20). The summed E-state index contributed by atoms with van der Waals surface area (Å²) >= 11 is 3.51. The quantitative estimate of drug-likeness (QED) is 0.699. The normalized spacial score (nSPS) is 19.0. The Labute approximate surface area is 132 Å². The fraction of sp³-hybridized carbons (Fsp3) is 0.500. The average Bonchev–Trinajstić information content (AvgIpc) is 2.50. The number of nitrogens with zero attached hydrogens (tertiary/aromatic N) is 1. The summed E-state index contributed by atoms with van der Waals surface area (Å²) in [7, 11) is 1.63. The fourth-order valence-electron chi connectivity index (χ4n) is 2.67. The highest BCUT2D eigenvalue weighted by Crippen LogP contribution is 2.37. The van der Waals surface area contributed by atoms with Gasteiger partial charge in [0.15, 0.2) is 0 Å². The molecular formula is C14H21BrN4O2. The van der Waals surface area contributed by atoms with Crippen LogP contribution in [-0.2, 0) is 15.1 Å². The molecule has 1 aliphatic heterocycles. The maximum Gasteiger partial charge on any atom is 0.244 e. The molecule has 1 unspecified atom stereocenters. The van der Waals surface area contributed by atoms with Crippen molar-refractivity contribution in [3.8, 4) is 0 Å². The topological polar surface area (TPSA) is 93.6 Å². The first-order valence-corrected chi connectivity index (χ1v) is 7.60. The Kier molecular flexibility index (Phi) is 4.75. The molecule has 1 aromatic carbocycles. The molecule has 0 bridgehead atoms. The van der Waals surface area contributed by atoms with Crippen molar-refractivity contribution in [2.75, 3.05) is 44.8 Å². The molecule has 21 heavy (non-hydrogen) atoms. The third kappa shape index (κ3) is 2.86. The van der Waals surface area contributed by atoms with Crippen LogP contribution in [0.5, 0.6) is 0 Å².